The number of carbonyl (C=O) groups is 4. The van der Waals surface area contributed by atoms with E-state index < -0.39 is 97.5 Å². The van der Waals surface area contributed by atoms with Crippen LogP contribution in [0.1, 0.15) is 375 Å². The summed E-state index contributed by atoms with van der Waals surface area (Å²) >= 11 is 0. The van der Waals surface area contributed by atoms with Gasteiger partial charge in [0.1, 0.15) is 19.3 Å². The highest BCUT2D eigenvalue weighted by Gasteiger charge is 2.30. The van der Waals surface area contributed by atoms with Crippen LogP contribution in [-0.2, 0) is 65.4 Å². The van der Waals surface area contributed by atoms with E-state index in [1.165, 1.54) is 193 Å². The summed E-state index contributed by atoms with van der Waals surface area (Å²) in [6.45, 7) is 9.56. The van der Waals surface area contributed by atoms with Gasteiger partial charge in [-0.15, -0.1) is 0 Å². The van der Waals surface area contributed by atoms with Crippen molar-refractivity contribution in [1.29, 1.82) is 0 Å². The van der Waals surface area contributed by atoms with E-state index >= 15 is 0 Å². The predicted octanol–water partition coefficient (Wildman–Crippen LogP) is 21.2. The van der Waals surface area contributed by atoms with E-state index in [4.69, 9.17) is 37.0 Å². The molecule has 0 spiro atoms. The first-order chi connectivity index (χ1) is 44.4. The Hall–Kier alpha value is -1.94. The molecule has 0 radical (unpaired) electrons. The van der Waals surface area contributed by atoms with E-state index in [1.807, 2.05) is 0 Å². The van der Waals surface area contributed by atoms with E-state index in [0.717, 1.165) is 102 Å². The van der Waals surface area contributed by atoms with Gasteiger partial charge in [0.05, 0.1) is 26.4 Å². The average molecular weight is 1350 g/mol. The Labute approximate surface area is 562 Å². The molecule has 546 valence electrons. The molecule has 17 nitrogen and oxygen atoms in total. The van der Waals surface area contributed by atoms with Crippen LogP contribution >= 0.6 is 15.6 Å². The smallest absolute Gasteiger partial charge is 0.462 e. The average Bonchev–Trinajstić information content (AvgIpc) is 3.71. The van der Waals surface area contributed by atoms with Crippen LogP contribution < -0.4 is 0 Å². The van der Waals surface area contributed by atoms with E-state index in [2.05, 4.69) is 41.5 Å². The van der Waals surface area contributed by atoms with Gasteiger partial charge in [-0.2, -0.15) is 0 Å². The number of ether oxygens (including phenoxy) is 4. The quantitative estimate of drug-likeness (QED) is 0.0222. The van der Waals surface area contributed by atoms with Crippen molar-refractivity contribution >= 4 is 39.5 Å². The van der Waals surface area contributed by atoms with E-state index in [1.54, 1.807) is 0 Å². The first-order valence-electron chi connectivity index (χ1n) is 38.0. The van der Waals surface area contributed by atoms with Gasteiger partial charge in [0.2, 0.25) is 0 Å². The van der Waals surface area contributed by atoms with Crippen molar-refractivity contribution in [2.24, 2.45) is 11.8 Å². The monoisotopic (exact) mass is 1350 g/mol. The van der Waals surface area contributed by atoms with Gasteiger partial charge in [0.25, 0.3) is 0 Å². The molecular weight excluding hydrogens is 1210 g/mol. The highest BCUT2D eigenvalue weighted by atomic mass is 31.2. The fourth-order valence-corrected chi connectivity index (χ4v) is 12.7. The van der Waals surface area contributed by atoms with E-state index in [0.29, 0.717) is 25.7 Å². The molecule has 0 aliphatic carbocycles. The lowest BCUT2D eigenvalue weighted by Gasteiger charge is -2.21. The minimum absolute atomic E-state index is 0.106. The third-order valence-electron chi connectivity index (χ3n) is 17.0. The Morgan fingerprint density at radius 2 is 0.500 bits per heavy atom. The maximum absolute atomic E-state index is 13.1. The normalized spacial score (nSPS) is 14.1. The van der Waals surface area contributed by atoms with Crippen molar-refractivity contribution in [3.8, 4) is 0 Å². The van der Waals surface area contributed by atoms with Gasteiger partial charge in [-0.3, -0.25) is 37.3 Å². The molecule has 0 saturated heterocycles. The minimum atomic E-state index is -4.95. The number of phosphoric ester groups is 2. The Bertz CT molecular complexity index is 1790. The molecule has 0 rings (SSSR count). The van der Waals surface area contributed by atoms with Crippen molar-refractivity contribution in [1.82, 2.24) is 0 Å². The van der Waals surface area contributed by atoms with Crippen molar-refractivity contribution in [2.75, 3.05) is 39.6 Å². The second kappa shape index (κ2) is 65.0. The van der Waals surface area contributed by atoms with E-state index in [-0.39, 0.29) is 25.7 Å². The number of phosphoric acid groups is 2. The van der Waals surface area contributed by atoms with Crippen LogP contribution in [0.2, 0.25) is 0 Å². The molecule has 0 aromatic heterocycles. The molecule has 2 unspecified atom stereocenters. The molecule has 0 fully saturated rings. The molecule has 0 aliphatic rings. The summed E-state index contributed by atoms with van der Waals surface area (Å²) in [6, 6.07) is 0. The first-order valence-corrected chi connectivity index (χ1v) is 41.0. The molecule has 5 atom stereocenters. The van der Waals surface area contributed by atoms with Crippen molar-refractivity contribution in [2.45, 2.75) is 394 Å². The lowest BCUT2D eigenvalue weighted by Crippen LogP contribution is -2.30. The first kappa shape index (κ1) is 90.1. The molecule has 0 amide bonds. The standard InChI is InChI=1S/C73H142O17P2/c1-7-9-11-13-15-17-18-19-20-21-25-32-38-44-50-56-71(76)84-62-69(89-72(77)57-51-45-39-33-26-23-22-24-30-35-41-47-53-65(3)4)64-88-92(81,82)86-60-67(74)59-85-91(79,80)87-63-68(61-83-70(75)55-49-43-37-29-16-14-12-10-8-2)90-73(78)58-52-46-40-34-28-27-31-36-42-48-54-66(5)6/h65-69,74H,7-64H2,1-6H3,(H,79,80)(H,81,82)/t67-,68+,69+/m0/s1. The molecule has 0 bridgehead atoms. The molecule has 0 saturated carbocycles. The maximum Gasteiger partial charge on any atom is 0.472 e. The summed E-state index contributed by atoms with van der Waals surface area (Å²) < 4.78 is 68.4. The third kappa shape index (κ3) is 66.7. The fraction of sp³-hybridized carbons (Fsp3) is 0.945. The van der Waals surface area contributed by atoms with Gasteiger partial charge < -0.3 is 33.8 Å². The van der Waals surface area contributed by atoms with Crippen LogP contribution in [-0.4, -0.2) is 96.7 Å². The second-order valence-corrected chi connectivity index (χ2v) is 30.2. The third-order valence-corrected chi connectivity index (χ3v) is 18.9. The second-order valence-electron chi connectivity index (χ2n) is 27.3. The molecule has 0 heterocycles. The summed E-state index contributed by atoms with van der Waals surface area (Å²) in [5, 5.41) is 10.6. The number of hydrogen-bond donors (Lipinski definition) is 3. The van der Waals surface area contributed by atoms with Gasteiger partial charge in [0, 0.05) is 25.7 Å². The van der Waals surface area contributed by atoms with Crippen molar-refractivity contribution in [3.05, 3.63) is 0 Å². The number of esters is 4. The van der Waals surface area contributed by atoms with Crippen LogP contribution in [0.5, 0.6) is 0 Å². The lowest BCUT2D eigenvalue weighted by atomic mass is 10.0. The van der Waals surface area contributed by atoms with Gasteiger partial charge in [-0.1, -0.05) is 324 Å². The Kier molecular flexibility index (Phi) is 63.7. The molecule has 0 aromatic rings. The molecule has 0 aliphatic heterocycles. The zero-order chi connectivity index (χ0) is 67.9. The van der Waals surface area contributed by atoms with Gasteiger partial charge >= 0.3 is 39.5 Å². The highest BCUT2D eigenvalue weighted by Crippen LogP contribution is 2.45. The van der Waals surface area contributed by atoms with Crippen LogP contribution in [0.25, 0.3) is 0 Å². The molecule has 3 N–H and O–H groups in total. The Balaban J connectivity index is 5.24. The largest absolute Gasteiger partial charge is 0.472 e. The Morgan fingerprint density at radius 1 is 0.293 bits per heavy atom. The van der Waals surface area contributed by atoms with Gasteiger partial charge in [-0.05, 0) is 37.5 Å². The number of unbranched alkanes of at least 4 members (excludes halogenated alkanes) is 42. The van der Waals surface area contributed by atoms with Crippen LogP contribution in [0, 0.1) is 11.8 Å². The van der Waals surface area contributed by atoms with Gasteiger partial charge in [-0.25, -0.2) is 9.13 Å². The summed E-state index contributed by atoms with van der Waals surface area (Å²) in [4.78, 5) is 72.7. The highest BCUT2D eigenvalue weighted by molar-refractivity contribution is 7.47. The van der Waals surface area contributed by atoms with Crippen LogP contribution in [0.4, 0.5) is 0 Å². The fourth-order valence-electron chi connectivity index (χ4n) is 11.1. The maximum atomic E-state index is 13.1. The molecular formula is C73H142O17P2. The van der Waals surface area contributed by atoms with Crippen LogP contribution in [0.15, 0.2) is 0 Å². The minimum Gasteiger partial charge on any atom is -0.462 e. The summed E-state index contributed by atoms with van der Waals surface area (Å²) in [6.07, 6.45) is 51.2. The lowest BCUT2D eigenvalue weighted by molar-refractivity contribution is -0.161. The topological polar surface area (TPSA) is 237 Å². The number of aliphatic hydroxyl groups excluding tert-OH is 1. The number of rotatable bonds is 72. The van der Waals surface area contributed by atoms with E-state index in [9.17, 15) is 43.2 Å². The summed E-state index contributed by atoms with van der Waals surface area (Å²) in [5.41, 5.74) is 0. The summed E-state index contributed by atoms with van der Waals surface area (Å²) in [7, 11) is -9.90. The van der Waals surface area contributed by atoms with Crippen molar-refractivity contribution < 1.29 is 80.2 Å². The SMILES string of the molecule is CCCCCCCCCCCCCCCCCC(=O)OC[C@H](COP(=O)(O)OC[C@@H](O)COP(=O)(O)OC[C@@H](COC(=O)CCCCCCCCCCC)OC(=O)CCCCCCCCCCCCC(C)C)OC(=O)CCCCCCCCCCCCCCC(C)C. The summed E-state index contributed by atoms with van der Waals surface area (Å²) in [5.74, 6) is -0.591. The zero-order valence-corrected chi connectivity index (χ0v) is 61.6. The number of aliphatic hydroxyl groups is 1. The van der Waals surface area contributed by atoms with Crippen molar-refractivity contribution in [3.63, 3.8) is 0 Å². The number of hydrogen-bond acceptors (Lipinski definition) is 15. The molecule has 0 aromatic carbocycles. The zero-order valence-electron chi connectivity index (χ0n) is 59.9. The van der Waals surface area contributed by atoms with Gasteiger partial charge in [0.15, 0.2) is 12.2 Å². The molecule has 19 heteroatoms. The van der Waals surface area contributed by atoms with Crippen LogP contribution in [0.3, 0.4) is 0 Å². The predicted molar refractivity (Wildman–Crippen MR) is 372 cm³/mol. The number of carbonyl (C=O) groups excluding carboxylic acids is 4. The molecule has 92 heavy (non-hydrogen) atoms. The Morgan fingerprint density at radius 3 is 0.739 bits per heavy atom.